The molecule has 2 aromatic heterocycles. The van der Waals surface area contributed by atoms with Gasteiger partial charge in [-0.2, -0.15) is 0 Å². The predicted molar refractivity (Wildman–Crippen MR) is 211 cm³/mol. The van der Waals surface area contributed by atoms with Crippen molar-refractivity contribution in [3.63, 3.8) is 0 Å². The second-order valence-corrected chi connectivity index (χ2v) is 13.6. The molecule has 50 heavy (non-hydrogen) atoms. The third-order valence-electron chi connectivity index (χ3n) is 11.3. The second kappa shape index (κ2) is 10.9. The number of allylic oxidation sites excluding steroid dienone is 9. The summed E-state index contributed by atoms with van der Waals surface area (Å²) in [6.45, 7) is 6.31. The number of nitrogens with zero attached hydrogens (tertiary/aromatic N) is 1. The van der Waals surface area contributed by atoms with Crippen LogP contribution in [0.25, 0.3) is 65.8 Å². The van der Waals surface area contributed by atoms with E-state index >= 15 is 0 Å². The lowest BCUT2D eigenvalue weighted by Gasteiger charge is -2.41. The molecule has 8 aromatic rings. The molecule has 0 N–H and O–H groups in total. The van der Waals surface area contributed by atoms with E-state index in [-0.39, 0.29) is 5.92 Å². The highest BCUT2D eigenvalue weighted by Gasteiger charge is 2.53. The van der Waals surface area contributed by atoms with E-state index in [0.29, 0.717) is 0 Å². The fourth-order valence-corrected chi connectivity index (χ4v) is 9.36. The van der Waals surface area contributed by atoms with Crippen LogP contribution in [-0.4, -0.2) is 4.57 Å². The van der Waals surface area contributed by atoms with Crippen LogP contribution in [0.15, 0.2) is 180 Å². The Bertz CT molecular complexity index is 2830. The first-order chi connectivity index (χ1) is 24.7. The minimum atomic E-state index is -0.511. The maximum atomic E-state index is 6.73. The summed E-state index contributed by atoms with van der Waals surface area (Å²) in [5.74, 6) is 0.182. The number of aromatic nitrogens is 1. The van der Waals surface area contributed by atoms with Gasteiger partial charge in [-0.1, -0.05) is 152 Å². The molecular weight excluding hydrogens is 607 g/mol. The lowest BCUT2D eigenvalue weighted by Crippen LogP contribution is -2.36. The van der Waals surface area contributed by atoms with Crippen LogP contribution >= 0.6 is 0 Å². The molecule has 2 heteroatoms. The van der Waals surface area contributed by atoms with Crippen LogP contribution < -0.4 is 0 Å². The molecule has 2 aliphatic rings. The molecule has 2 heterocycles. The van der Waals surface area contributed by atoms with Gasteiger partial charge in [0.05, 0.1) is 22.1 Å². The van der Waals surface area contributed by atoms with Crippen molar-refractivity contribution in [1.29, 1.82) is 0 Å². The normalized spacial score (nSPS) is 18.9. The van der Waals surface area contributed by atoms with Gasteiger partial charge in [0.15, 0.2) is 0 Å². The summed E-state index contributed by atoms with van der Waals surface area (Å²) in [5.41, 5.74) is 11.5. The molecule has 0 saturated heterocycles. The number of fused-ring (bicyclic) bond motifs is 11. The van der Waals surface area contributed by atoms with Crippen molar-refractivity contribution in [2.45, 2.75) is 18.8 Å². The number of hydrogen-bond donors (Lipinski definition) is 0. The SMILES string of the molecule is C=C/C=C\C=C(/C)C1(c2c(-n3c4ccccc4c4ccc5ccccc5c43)ccc3oc4ccccc4c23)c2ccccc2C2=CC=CCC21. The summed E-state index contributed by atoms with van der Waals surface area (Å²) in [7, 11) is 0. The largest absolute Gasteiger partial charge is 0.456 e. The highest BCUT2D eigenvalue weighted by Crippen LogP contribution is 2.62. The van der Waals surface area contributed by atoms with Crippen LogP contribution in [-0.2, 0) is 5.41 Å². The zero-order valence-corrected chi connectivity index (χ0v) is 27.9. The molecule has 238 valence electrons. The van der Waals surface area contributed by atoms with Crippen LogP contribution in [0.3, 0.4) is 0 Å². The Morgan fingerprint density at radius 2 is 1.54 bits per heavy atom. The van der Waals surface area contributed by atoms with Crippen LogP contribution in [0.2, 0.25) is 0 Å². The first-order valence-corrected chi connectivity index (χ1v) is 17.5. The Balaban J connectivity index is 1.48. The number of para-hydroxylation sites is 2. The average molecular weight is 642 g/mol. The third kappa shape index (κ3) is 3.79. The number of hydrogen-bond acceptors (Lipinski definition) is 1. The van der Waals surface area contributed by atoms with Crippen molar-refractivity contribution in [1.82, 2.24) is 4.57 Å². The van der Waals surface area contributed by atoms with E-state index in [2.05, 4.69) is 170 Å². The molecule has 10 rings (SSSR count). The lowest BCUT2D eigenvalue weighted by molar-refractivity contribution is 0.476. The first-order valence-electron chi connectivity index (χ1n) is 17.5. The summed E-state index contributed by atoms with van der Waals surface area (Å²) in [6, 6.07) is 44.4. The molecule has 2 nitrogen and oxygen atoms in total. The third-order valence-corrected chi connectivity index (χ3v) is 11.3. The molecule has 0 bridgehead atoms. The van der Waals surface area contributed by atoms with E-state index in [1.165, 1.54) is 71.5 Å². The van der Waals surface area contributed by atoms with Crippen LogP contribution in [0.4, 0.5) is 0 Å². The van der Waals surface area contributed by atoms with Crippen molar-refractivity contribution in [2.24, 2.45) is 5.92 Å². The summed E-state index contributed by atoms with van der Waals surface area (Å²) in [5, 5.41) is 7.29. The van der Waals surface area contributed by atoms with Gasteiger partial charge in [-0.25, -0.2) is 0 Å². The lowest BCUT2D eigenvalue weighted by atomic mass is 9.61. The maximum absolute atomic E-state index is 6.73. The maximum Gasteiger partial charge on any atom is 0.135 e. The van der Waals surface area contributed by atoms with Gasteiger partial charge in [-0.3, -0.25) is 0 Å². The molecule has 2 unspecified atom stereocenters. The fourth-order valence-electron chi connectivity index (χ4n) is 9.36. The van der Waals surface area contributed by atoms with E-state index in [9.17, 15) is 0 Å². The number of benzene rings is 6. The zero-order chi connectivity index (χ0) is 33.4. The molecular formula is C48H35NO. The summed E-state index contributed by atoms with van der Waals surface area (Å²) >= 11 is 0. The molecule has 6 aromatic carbocycles. The van der Waals surface area contributed by atoms with Crippen LogP contribution in [0, 0.1) is 5.92 Å². The molecule has 0 amide bonds. The minimum Gasteiger partial charge on any atom is -0.456 e. The van der Waals surface area contributed by atoms with Crippen molar-refractivity contribution >= 4 is 60.1 Å². The van der Waals surface area contributed by atoms with Gasteiger partial charge in [-0.05, 0) is 59.7 Å². The standard InChI is InChI=1S/C48H35NO/c1-3-4-5-16-31(2)48(39-23-12-8-19-34(39)35-20-9-13-24-40(35)48)46-42(29-30-44-45(46)38-22-11-15-26-43(38)50-44)49-41-25-14-10-21-36(41)37-28-27-32-17-6-7-18-33(32)47(37)49/h3-23,25-30,40H,1,24H2,2H3/b5-4-,31-16+. The van der Waals surface area contributed by atoms with Crippen molar-refractivity contribution in [2.75, 3.05) is 0 Å². The summed E-state index contributed by atoms with van der Waals surface area (Å²) in [6.07, 6.45) is 16.2. The van der Waals surface area contributed by atoms with E-state index in [0.717, 1.165) is 23.0 Å². The second-order valence-electron chi connectivity index (χ2n) is 13.6. The first kappa shape index (κ1) is 28.9. The Morgan fingerprint density at radius 3 is 2.44 bits per heavy atom. The van der Waals surface area contributed by atoms with Crippen molar-refractivity contribution < 1.29 is 4.42 Å². The smallest absolute Gasteiger partial charge is 0.135 e. The van der Waals surface area contributed by atoms with Crippen molar-refractivity contribution in [3.8, 4) is 5.69 Å². The topological polar surface area (TPSA) is 18.1 Å². The van der Waals surface area contributed by atoms with E-state index in [4.69, 9.17) is 4.42 Å². The fraction of sp³-hybridized carbons (Fsp3) is 0.0833. The van der Waals surface area contributed by atoms with Gasteiger partial charge >= 0.3 is 0 Å². The zero-order valence-electron chi connectivity index (χ0n) is 27.9. The van der Waals surface area contributed by atoms with E-state index < -0.39 is 5.41 Å². The monoisotopic (exact) mass is 641 g/mol. The average Bonchev–Trinajstić information content (AvgIpc) is 3.81. The Kier molecular flexibility index (Phi) is 6.32. The molecule has 0 spiro atoms. The molecule has 2 atom stereocenters. The van der Waals surface area contributed by atoms with Gasteiger partial charge in [0.2, 0.25) is 0 Å². The molecule has 0 fully saturated rings. The van der Waals surface area contributed by atoms with Gasteiger partial charge in [0.25, 0.3) is 0 Å². The Morgan fingerprint density at radius 1 is 0.760 bits per heavy atom. The van der Waals surface area contributed by atoms with Gasteiger partial charge in [0.1, 0.15) is 11.2 Å². The Labute approximate surface area is 291 Å². The summed E-state index contributed by atoms with van der Waals surface area (Å²) < 4.78 is 9.29. The number of rotatable bonds is 5. The molecule has 2 aliphatic carbocycles. The molecule has 0 radical (unpaired) electrons. The minimum absolute atomic E-state index is 0.182. The van der Waals surface area contributed by atoms with Gasteiger partial charge in [-0.15, -0.1) is 0 Å². The van der Waals surface area contributed by atoms with Crippen LogP contribution in [0.5, 0.6) is 0 Å². The quantitative estimate of drug-likeness (QED) is 0.171. The molecule has 0 saturated carbocycles. The van der Waals surface area contributed by atoms with Crippen molar-refractivity contribution in [3.05, 3.63) is 193 Å². The molecule has 0 aliphatic heterocycles. The number of furan rings is 1. The van der Waals surface area contributed by atoms with Gasteiger partial charge < -0.3 is 8.98 Å². The Hall–Kier alpha value is -6.12. The van der Waals surface area contributed by atoms with Crippen LogP contribution in [0.1, 0.15) is 30.0 Å². The van der Waals surface area contributed by atoms with Gasteiger partial charge in [0, 0.05) is 38.4 Å². The van der Waals surface area contributed by atoms with E-state index in [1.54, 1.807) is 0 Å². The highest BCUT2D eigenvalue weighted by molar-refractivity contribution is 6.19. The summed E-state index contributed by atoms with van der Waals surface area (Å²) in [4.78, 5) is 0. The predicted octanol–water partition coefficient (Wildman–Crippen LogP) is 12.8. The highest BCUT2D eigenvalue weighted by atomic mass is 16.3. The van der Waals surface area contributed by atoms with E-state index in [1.807, 2.05) is 12.2 Å².